The lowest BCUT2D eigenvalue weighted by atomic mass is 9.71. The van der Waals surface area contributed by atoms with Crippen LogP contribution >= 0.6 is 0 Å². The third kappa shape index (κ3) is 4.51. The van der Waals surface area contributed by atoms with Crippen molar-refractivity contribution >= 4 is 23.1 Å². The van der Waals surface area contributed by atoms with Gasteiger partial charge < -0.3 is 9.47 Å². The molecule has 0 spiro atoms. The molecule has 4 aromatic carbocycles. The predicted octanol–water partition coefficient (Wildman–Crippen LogP) is 11.3. The van der Waals surface area contributed by atoms with Gasteiger partial charge >= 0.3 is 0 Å². The summed E-state index contributed by atoms with van der Waals surface area (Å²) >= 11 is 0. The highest BCUT2D eigenvalue weighted by molar-refractivity contribution is 5.97. The summed E-state index contributed by atoms with van der Waals surface area (Å²) in [6, 6.07) is 34.4. The molecule has 0 fully saturated rings. The number of hydrogen-bond acceptors (Lipinski definition) is 5. The van der Waals surface area contributed by atoms with Crippen LogP contribution in [0.15, 0.2) is 108 Å². The zero-order chi connectivity index (χ0) is 35.4. The first-order chi connectivity index (χ1) is 23.5. The molecule has 5 heteroatoms. The second-order valence-corrected chi connectivity index (χ2v) is 16.7. The molecule has 1 aliphatic carbocycles. The first-order valence-corrected chi connectivity index (χ1v) is 17.7. The van der Waals surface area contributed by atoms with Crippen LogP contribution < -0.4 is 9.64 Å². The molecule has 5 nitrogen and oxygen atoms in total. The summed E-state index contributed by atoms with van der Waals surface area (Å²) in [7, 11) is 0. The Kier molecular flexibility index (Phi) is 6.82. The monoisotopic (exact) mass is 661 g/mol. The van der Waals surface area contributed by atoms with E-state index in [1.54, 1.807) is 0 Å². The normalized spacial score (nSPS) is 22.5. The van der Waals surface area contributed by atoms with Crippen LogP contribution in [0.5, 0.6) is 11.5 Å². The molecular weight excluding hydrogens is 615 g/mol. The highest BCUT2D eigenvalue weighted by Gasteiger charge is 2.67. The van der Waals surface area contributed by atoms with E-state index in [4.69, 9.17) is 19.5 Å². The summed E-state index contributed by atoms with van der Waals surface area (Å²) in [4.78, 5) is 12.6. The van der Waals surface area contributed by atoms with E-state index in [1.165, 1.54) is 27.8 Å². The Morgan fingerprint density at radius 1 is 0.680 bits per heavy atom. The molecular formula is C45H47N3O2. The van der Waals surface area contributed by atoms with Gasteiger partial charge in [0.1, 0.15) is 28.5 Å². The minimum absolute atomic E-state index is 0.0110. The summed E-state index contributed by atoms with van der Waals surface area (Å²) in [6.07, 6.45) is 1.93. The zero-order valence-electron chi connectivity index (χ0n) is 31.0. The topological polar surface area (TPSA) is 47.0 Å². The fourth-order valence-electron chi connectivity index (χ4n) is 8.59. The standard InChI is InChI=1S/C45H47N3O2/c1-28-23-29(40-47-44(9)34-16-12-11-15-33(34)43(7,8)45(44,10)50-40)25-32(24-28)49-31-19-20-36-38(27-31)48(37-18-14-13-17-35(37)42(36,5)6)39-26-30(21-22-46-39)41(2,3)4/h11-27H,1-10H3/t44-,45+/m1/s1. The average molecular weight is 662 g/mol. The van der Waals surface area contributed by atoms with E-state index in [2.05, 4.69) is 171 Å². The number of aliphatic imine (C=N–C) groups is 1. The van der Waals surface area contributed by atoms with Gasteiger partial charge in [-0.15, -0.1) is 0 Å². The Morgan fingerprint density at radius 2 is 1.36 bits per heavy atom. The number of hydrogen-bond donors (Lipinski definition) is 0. The van der Waals surface area contributed by atoms with Gasteiger partial charge in [-0.25, -0.2) is 9.98 Å². The number of aryl methyl sites for hydroxylation is 1. The molecule has 5 aromatic rings. The van der Waals surface area contributed by atoms with Crippen molar-refractivity contribution in [3.05, 3.63) is 142 Å². The van der Waals surface area contributed by atoms with E-state index < -0.39 is 11.1 Å². The second kappa shape index (κ2) is 10.6. The molecule has 0 radical (unpaired) electrons. The van der Waals surface area contributed by atoms with Gasteiger partial charge in [0.15, 0.2) is 0 Å². The van der Waals surface area contributed by atoms with Gasteiger partial charge in [-0.2, -0.15) is 0 Å². The van der Waals surface area contributed by atoms with Gasteiger partial charge in [-0.05, 0) is 102 Å². The van der Waals surface area contributed by atoms with E-state index in [-0.39, 0.29) is 16.2 Å². The summed E-state index contributed by atoms with van der Waals surface area (Å²) in [5, 5.41) is 0. The van der Waals surface area contributed by atoms with E-state index in [9.17, 15) is 0 Å². The van der Waals surface area contributed by atoms with E-state index >= 15 is 0 Å². The van der Waals surface area contributed by atoms with Gasteiger partial charge in [-0.3, -0.25) is 4.90 Å². The highest BCUT2D eigenvalue weighted by atomic mass is 16.5. The van der Waals surface area contributed by atoms with E-state index in [0.29, 0.717) is 5.90 Å². The van der Waals surface area contributed by atoms with Crippen molar-refractivity contribution in [3.8, 4) is 11.5 Å². The Hall–Kier alpha value is -4.90. The predicted molar refractivity (Wildman–Crippen MR) is 204 cm³/mol. The fourth-order valence-corrected chi connectivity index (χ4v) is 8.59. The molecule has 2 atom stereocenters. The smallest absolute Gasteiger partial charge is 0.217 e. The van der Waals surface area contributed by atoms with Crippen molar-refractivity contribution < 1.29 is 9.47 Å². The van der Waals surface area contributed by atoms with Crippen molar-refractivity contribution in [3.63, 3.8) is 0 Å². The number of ether oxygens (including phenoxy) is 2. The minimum Gasteiger partial charge on any atom is -0.467 e. The van der Waals surface area contributed by atoms with Gasteiger partial charge in [0, 0.05) is 28.7 Å². The van der Waals surface area contributed by atoms with Gasteiger partial charge in [0.2, 0.25) is 5.90 Å². The molecule has 0 bridgehead atoms. The minimum atomic E-state index is -0.535. The lowest BCUT2D eigenvalue weighted by Crippen LogP contribution is -2.51. The van der Waals surface area contributed by atoms with Crippen LogP contribution in [0.25, 0.3) is 0 Å². The van der Waals surface area contributed by atoms with Gasteiger partial charge in [-0.1, -0.05) is 97.0 Å². The number of pyridine rings is 1. The molecule has 0 saturated heterocycles. The molecule has 0 N–H and O–H groups in total. The first-order valence-electron chi connectivity index (χ1n) is 17.7. The SMILES string of the molecule is Cc1cc(Oc2ccc3c(c2)N(c2cc(C(C)(C)C)ccn2)c2ccccc2C3(C)C)cc(C2=N[C@]3(C)c4ccccc4C(C)(C)[C@]3(C)O2)c1. The summed E-state index contributed by atoms with van der Waals surface area (Å²) < 4.78 is 13.7. The molecule has 0 amide bonds. The molecule has 0 unspecified atom stereocenters. The molecule has 8 rings (SSSR count). The lowest BCUT2D eigenvalue weighted by Gasteiger charge is -2.41. The van der Waals surface area contributed by atoms with E-state index in [0.717, 1.165) is 39.8 Å². The van der Waals surface area contributed by atoms with Crippen molar-refractivity contribution in [1.82, 2.24) is 4.98 Å². The summed E-state index contributed by atoms with van der Waals surface area (Å²) in [6.45, 7) is 22.4. The maximum atomic E-state index is 6.93. The molecule has 3 aliphatic rings. The molecule has 50 heavy (non-hydrogen) atoms. The lowest BCUT2D eigenvalue weighted by molar-refractivity contribution is -0.0136. The Labute approximate surface area is 297 Å². The van der Waals surface area contributed by atoms with Crippen LogP contribution in [0.1, 0.15) is 101 Å². The van der Waals surface area contributed by atoms with Crippen LogP contribution in [0.4, 0.5) is 17.2 Å². The van der Waals surface area contributed by atoms with Crippen molar-refractivity contribution in [2.75, 3.05) is 4.90 Å². The second-order valence-electron chi connectivity index (χ2n) is 16.7. The zero-order valence-corrected chi connectivity index (χ0v) is 31.0. The number of fused-ring (bicyclic) bond motifs is 5. The Morgan fingerprint density at radius 3 is 2.10 bits per heavy atom. The maximum Gasteiger partial charge on any atom is 0.217 e. The molecule has 3 heterocycles. The highest BCUT2D eigenvalue weighted by Crippen LogP contribution is 2.62. The quantitative estimate of drug-likeness (QED) is 0.192. The Balaban J connectivity index is 1.19. The third-order valence-corrected chi connectivity index (χ3v) is 11.9. The van der Waals surface area contributed by atoms with Crippen LogP contribution in [0.2, 0.25) is 0 Å². The van der Waals surface area contributed by atoms with Crippen LogP contribution in [-0.2, 0) is 26.5 Å². The van der Waals surface area contributed by atoms with Crippen LogP contribution in [0, 0.1) is 6.92 Å². The molecule has 1 aromatic heterocycles. The van der Waals surface area contributed by atoms with Crippen molar-refractivity contribution in [2.24, 2.45) is 4.99 Å². The summed E-state index contributed by atoms with van der Waals surface area (Å²) in [5.74, 6) is 3.05. The number of aromatic nitrogens is 1. The van der Waals surface area contributed by atoms with Crippen LogP contribution in [-0.4, -0.2) is 16.5 Å². The van der Waals surface area contributed by atoms with Crippen molar-refractivity contribution in [2.45, 2.75) is 96.6 Å². The fraction of sp³-hybridized carbons (Fsp3) is 0.333. The average Bonchev–Trinajstić information content (AvgIpc) is 3.42. The number of benzene rings is 4. The number of anilines is 3. The number of nitrogens with zero attached hydrogens (tertiary/aromatic N) is 3. The Bertz CT molecular complexity index is 2220. The molecule has 2 aliphatic heterocycles. The van der Waals surface area contributed by atoms with Gasteiger partial charge in [0.05, 0.1) is 11.4 Å². The summed E-state index contributed by atoms with van der Waals surface area (Å²) in [5.41, 5.74) is 8.96. The van der Waals surface area contributed by atoms with Gasteiger partial charge in [0.25, 0.3) is 0 Å². The largest absolute Gasteiger partial charge is 0.467 e. The first kappa shape index (κ1) is 32.3. The van der Waals surface area contributed by atoms with Crippen LogP contribution in [0.3, 0.4) is 0 Å². The number of rotatable bonds is 4. The van der Waals surface area contributed by atoms with Crippen molar-refractivity contribution in [1.29, 1.82) is 0 Å². The third-order valence-electron chi connectivity index (χ3n) is 11.9. The number of para-hydroxylation sites is 1. The van der Waals surface area contributed by atoms with E-state index in [1.807, 2.05) is 6.20 Å². The molecule has 0 saturated carbocycles. The maximum absolute atomic E-state index is 6.93. The molecule has 254 valence electrons.